The molecule has 74 valence electrons. The van der Waals surface area contributed by atoms with Crippen molar-refractivity contribution in [1.82, 2.24) is 0 Å². The SMILES string of the molecule is CC(C(=O)O)=C1CCOC(C)(C)C1. The summed E-state index contributed by atoms with van der Waals surface area (Å²) in [5.41, 5.74) is 1.30. The number of aliphatic carboxylic acids is 1. The zero-order chi connectivity index (χ0) is 10.1. The Balaban J connectivity index is 2.82. The molecule has 13 heavy (non-hydrogen) atoms. The van der Waals surface area contributed by atoms with Crippen LogP contribution in [0.2, 0.25) is 0 Å². The highest BCUT2D eigenvalue weighted by Gasteiger charge is 2.26. The summed E-state index contributed by atoms with van der Waals surface area (Å²) in [6.45, 7) is 6.27. The summed E-state index contributed by atoms with van der Waals surface area (Å²) >= 11 is 0. The van der Waals surface area contributed by atoms with E-state index in [9.17, 15) is 4.79 Å². The van der Waals surface area contributed by atoms with Crippen LogP contribution in [0, 0.1) is 0 Å². The third-order valence-electron chi connectivity index (χ3n) is 2.39. The summed E-state index contributed by atoms with van der Waals surface area (Å²) in [4.78, 5) is 10.7. The van der Waals surface area contributed by atoms with E-state index >= 15 is 0 Å². The Morgan fingerprint density at radius 2 is 2.15 bits per heavy atom. The fourth-order valence-electron chi connectivity index (χ4n) is 1.58. The molecule has 0 spiro atoms. The molecule has 0 aromatic rings. The van der Waals surface area contributed by atoms with Gasteiger partial charge < -0.3 is 9.84 Å². The maximum atomic E-state index is 10.7. The lowest BCUT2D eigenvalue weighted by atomic mass is 9.90. The number of carboxylic acid groups (broad SMARTS) is 1. The minimum atomic E-state index is -0.812. The van der Waals surface area contributed by atoms with E-state index in [4.69, 9.17) is 9.84 Å². The van der Waals surface area contributed by atoms with Crippen LogP contribution < -0.4 is 0 Å². The van der Waals surface area contributed by atoms with Crippen LogP contribution in [0.3, 0.4) is 0 Å². The number of hydrogen-bond acceptors (Lipinski definition) is 2. The van der Waals surface area contributed by atoms with Gasteiger partial charge >= 0.3 is 5.97 Å². The molecule has 3 heteroatoms. The van der Waals surface area contributed by atoms with Crippen LogP contribution in [0.4, 0.5) is 0 Å². The predicted octanol–water partition coefficient (Wildman–Crippen LogP) is 1.98. The van der Waals surface area contributed by atoms with E-state index in [-0.39, 0.29) is 5.60 Å². The molecule has 0 radical (unpaired) electrons. The van der Waals surface area contributed by atoms with Gasteiger partial charge in [0.15, 0.2) is 0 Å². The maximum Gasteiger partial charge on any atom is 0.331 e. The second-order valence-electron chi connectivity index (χ2n) is 4.07. The summed E-state index contributed by atoms with van der Waals surface area (Å²) < 4.78 is 5.50. The molecule has 1 aliphatic rings. The van der Waals surface area contributed by atoms with Crippen LogP contribution in [-0.4, -0.2) is 23.3 Å². The Kier molecular flexibility index (Phi) is 2.76. The maximum absolute atomic E-state index is 10.7. The van der Waals surface area contributed by atoms with Crippen molar-refractivity contribution in [3.8, 4) is 0 Å². The summed E-state index contributed by atoms with van der Waals surface area (Å²) in [5, 5.41) is 8.81. The van der Waals surface area contributed by atoms with E-state index in [0.717, 1.165) is 18.4 Å². The Hall–Kier alpha value is -0.830. The van der Waals surface area contributed by atoms with Gasteiger partial charge in [-0.2, -0.15) is 0 Å². The van der Waals surface area contributed by atoms with Gasteiger partial charge in [-0.05, 0) is 33.6 Å². The van der Waals surface area contributed by atoms with Gasteiger partial charge in [-0.25, -0.2) is 4.79 Å². The summed E-state index contributed by atoms with van der Waals surface area (Å²) in [6, 6.07) is 0. The lowest BCUT2D eigenvalue weighted by Crippen LogP contribution is -2.31. The quantitative estimate of drug-likeness (QED) is 0.634. The van der Waals surface area contributed by atoms with Crippen LogP contribution in [0.25, 0.3) is 0 Å². The molecule has 0 amide bonds. The van der Waals surface area contributed by atoms with Crippen molar-refractivity contribution in [3.63, 3.8) is 0 Å². The van der Waals surface area contributed by atoms with Gasteiger partial charge in [0.25, 0.3) is 0 Å². The molecule has 3 nitrogen and oxygen atoms in total. The first-order valence-electron chi connectivity index (χ1n) is 4.48. The van der Waals surface area contributed by atoms with E-state index in [1.807, 2.05) is 13.8 Å². The third-order valence-corrected chi connectivity index (χ3v) is 2.39. The Bertz CT molecular complexity index is 251. The second-order valence-corrected chi connectivity index (χ2v) is 4.07. The number of hydrogen-bond donors (Lipinski definition) is 1. The molecule has 1 N–H and O–H groups in total. The van der Waals surface area contributed by atoms with Crippen molar-refractivity contribution < 1.29 is 14.6 Å². The van der Waals surface area contributed by atoms with Crippen molar-refractivity contribution in [1.29, 1.82) is 0 Å². The van der Waals surface area contributed by atoms with Crippen LogP contribution >= 0.6 is 0 Å². The number of ether oxygens (including phenoxy) is 1. The van der Waals surface area contributed by atoms with E-state index in [2.05, 4.69) is 0 Å². The first kappa shape index (κ1) is 10.3. The van der Waals surface area contributed by atoms with E-state index in [1.165, 1.54) is 0 Å². The fourth-order valence-corrected chi connectivity index (χ4v) is 1.58. The molecular formula is C10H16O3. The topological polar surface area (TPSA) is 46.5 Å². The molecule has 0 aromatic carbocycles. The highest BCUT2D eigenvalue weighted by Crippen LogP contribution is 2.29. The van der Waals surface area contributed by atoms with E-state index in [1.54, 1.807) is 6.92 Å². The first-order chi connectivity index (χ1) is 5.92. The third kappa shape index (κ3) is 2.56. The van der Waals surface area contributed by atoms with Gasteiger partial charge in [0.1, 0.15) is 0 Å². The minimum Gasteiger partial charge on any atom is -0.478 e. The molecule has 0 bridgehead atoms. The lowest BCUT2D eigenvalue weighted by molar-refractivity contribution is -0.132. The average Bonchev–Trinajstić information content (AvgIpc) is 2.01. The molecular weight excluding hydrogens is 168 g/mol. The van der Waals surface area contributed by atoms with Crippen LogP contribution in [0.1, 0.15) is 33.6 Å². The van der Waals surface area contributed by atoms with E-state index < -0.39 is 5.97 Å². The summed E-state index contributed by atoms with van der Waals surface area (Å²) in [7, 11) is 0. The molecule has 0 unspecified atom stereocenters. The highest BCUT2D eigenvalue weighted by atomic mass is 16.5. The van der Waals surface area contributed by atoms with Gasteiger partial charge in [0, 0.05) is 5.57 Å². The molecule has 0 atom stereocenters. The Morgan fingerprint density at radius 1 is 1.54 bits per heavy atom. The molecule has 1 aliphatic heterocycles. The number of rotatable bonds is 1. The molecule has 1 heterocycles. The smallest absolute Gasteiger partial charge is 0.331 e. The molecule has 1 fully saturated rings. The van der Waals surface area contributed by atoms with E-state index in [0.29, 0.717) is 12.2 Å². The second kappa shape index (κ2) is 3.50. The van der Waals surface area contributed by atoms with Crippen LogP contribution in [0.15, 0.2) is 11.1 Å². The van der Waals surface area contributed by atoms with Gasteiger partial charge in [-0.3, -0.25) is 0 Å². The minimum absolute atomic E-state index is 0.204. The van der Waals surface area contributed by atoms with Crippen LogP contribution in [-0.2, 0) is 9.53 Å². The van der Waals surface area contributed by atoms with Crippen LogP contribution in [0.5, 0.6) is 0 Å². The number of carbonyl (C=O) groups is 1. The van der Waals surface area contributed by atoms with Crippen molar-refractivity contribution in [2.24, 2.45) is 0 Å². The Labute approximate surface area is 78.4 Å². The molecule has 0 aromatic heterocycles. The molecule has 0 saturated carbocycles. The van der Waals surface area contributed by atoms with Gasteiger partial charge in [-0.1, -0.05) is 5.57 Å². The van der Waals surface area contributed by atoms with Crippen molar-refractivity contribution in [2.45, 2.75) is 39.2 Å². The summed E-state index contributed by atoms with van der Waals surface area (Å²) in [5.74, 6) is -0.812. The first-order valence-corrected chi connectivity index (χ1v) is 4.48. The standard InChI is InChI=1S/C10H16O3/c1-7(9(11)12)8-4-5-13-10(2,3)6-8/h4-6H2,1-3H3,(H,11,12). The van der Waals surface area contributed by atoms with Gasteiger partial charge in [0.2, 0.25) is 0 Å². The largest absolute Gasteiger partial charge is 0.478 e. The normalized spacial score (nSPS) is 25.5. The summed E-state index contributed by atoms with van der Waals surface area (Å²) in [6.07, 6.45) is 1.48. The fraction of sp³-hybridized carbons (Fsp3) is 0.700. The predicted molar refractivity (Wildman–Crippen MR) is 49.6 cm³/mol. The van der Waals surface area contributed by atoms with Crippen molar-refractivity contribution in [2.75, 3.05) is 6.61 Å². The number of carboxylic acids is 1. The molecule has 0 aliphatic carbocycles. The highest BCUT2D eigenvalue weighted by molar-refractivity contribution is 5.86. The average molecular weight is 184 g/mol. The van der Waals surface area contributed by atoms with Crippen molar-refractivity contribution >= 4 is 5.97 Å². The zero-order valence-corrected chi connectivity index (χ0v) is 8.39. The molecule has 1 rings (SSSR count). The lowest BCUT2D eigenvalue weighted by Gasteiger charge is -2.32. The monoisotopic (exact) mass is 184 g/mol. The van der Waals surface area contributed by atoms with Crippen molar-refractivity contribution in [3.05, 3.63) is 11.1 Å². The Morgan fingerprint density at radius 3 is 2.62 bits per heavy atom. The zero-order valence-electron chi connectivity index (χ0n) is 8.39. The van der Waals surface area contributed by atoms with Gasteiger partial charge in [-0.15, -0.1) is 0 Å². The molecule has 1 saturated heterocycles. The van der Waals surface area contributed by atoms with Gasteiger partial charge in [0.05, 0.1) is 12.2 Å².